The molecule has 2 N–H and O–H groups in total. The van der Waals surface area contributed by atoms with E-state index in [1.807, 2.05) is 24.4 Å². The van der Waals surface area contributed by atoms with Crippen molar-refractivity contribution in [1.29, 1.82) is 0 Å². The third-order valence-electron chi connectivity index (χ3n) is 4.48. The molecule has 0 saturated carbocycles. The van der Waals surface area contributed by atoms with E-state index < -0.39 is 12.8 Å². The number of hydrogen-bond donors (Lipinski definition) is 2. The van der Waals surface area contributed by atoms with Gasteiger partial charge in [0.05, 0.1) is 12.2 Å². The molecule has 0 saturated heterocycles. The Kier molecular flexibility index (Phi) is 6.99. The average Bonchev–Trinajstić information content (AvgIpc) is 3.12. The minimum atomic E-state index is -4.36. The standard InChI is InChI=1S/C22H23F3N2O3/c1-2-29-21(28)16-6-7-20-19(11-16)17(13-27-20)8-9-26-12-15-4-3-5-18(10-15)30-14-22(23,24)25/h3-7,10-11,13,26-27H,2,8-9,12,14H2,1H3. The Morgan fingerprint density at radius 2 is 2.00 bits per heavy atom. The van der Waals surface area contributed by atoms with E-state index in [4.69, 9.17) is 9.47 Å². The van der Waals surface area contributed by atoms with Crippen molar-refractivity contribution in [2.75, 3.05) is 19.8 Å². The van der Waals surface area contributed by atoms with E-state index in [2.05, 4.69) is 10.3 Å². The van der Waals surface area contributed by atoms with Crippen molar-refractivity contribution in [1.82, 2.24) is 10.3 Å². The third kappa shape index (κ3) is 6.00. The second-order valence-corrected chi connectivity index (χ2v) is 6.77. The van der Waals surface area contributed by atoms with Crippen LogP contribution in [-0.4, -0.2) is 36.9 Å². The summed E-state index contributed by atoms with van der Waals surface area (Å²) in [6, 6.07) is 12.0. The number of fused-ring (bicyclic) bond motifs is 1. The molecule has 160 valence electrons. The van der Waals surface area contributed by atoms with E-state index in [-0.39, 0.29) is 11.7 Å². The van der Waals surface area contributed by atoms with Crippen LogP contribution in [0.2, 0.25) is 0 Å². The number of carbonyl (C=O) groups excluding carboxylic acids is 1. The smallest absolute Gasteiger partial charge is 0.422 e. The molecule has 1 aromatic heterocycles. The van der Waals surface area contributed by atoms with Crippen molar-refractivity contribution >= 4 is 16.9 Å². The van der Waals surface area contributed by atoms with Gasteiger partial charge < -0.3 is 19.8 Å². The predicted octanol–water partition coefficient (Wildman–Crippen LogP) is 4.62. The predicted molar refractivity (Wildman–Crippen MR) is 108 cm³/mol. The fourth-order valence-electron chi connectivity index (χ4n) is 3.09. The Balaban J connectivity index is 1.55. The number of alkyl halides is 3. The van der Waals surface area contributed by atoms with Gasteiger partial charge in [-0.2, -0.15) is 13.2 Å². The summed E-state index contributed by atoms with van der Waals surface area (Å²) in [5.74, 6) is -0.160. The topological polar surface area (TPSA) is 63.4 Å². The molecule has 0 amide bonds. The van der Waals surface area contributed by atoms with Crippen LogP contribution >= 0.6 is 0 Å². The molecule has 1 heterocycles. The normalized spacial score (nSPS) is 11.6. The van der Waals surface area contributed by atoms with Crippen molar-refractivity contribution in [2.45, 2.75) is 26.1 Å². The van der Waals surface area contributed by atoms with Crippen LogP contribution in [0.4, 0.5) is 13.2 Å². The van der Waals surface area contributed by atoms with Gasteiger partial charge in [0, 0.05) is 23.6 Å². The van der Waals surface area contributed by atoms with Gasteiger partial charge in [-0.25, -0.2) is 4.79 Å². The van der Waals surface area contributed by atoms with Crippen molar-refractivity contribution in [2.24, 2.45) is 0 Å². The highest BCUT2D eigenvalue weighted by molar-refractivity contribution is 5.95. The highest BCUT2D eigenvalue weighted by atomic mass is 19.4. The molecular formula is C22H23F3N2O3. The Morgan fingerprint density at radius 1 is 1.17 bits per heavy atom. The minimum Gasteiger partial charge on any atom is -0.484 e. The second-order valence-electron chi connectivity index (χ2n) is 6.77. The molecule has 0 aliphatic rings. The summed E-state index contributed by atoms with van der Waals surface area (Å²) in [5.41, 5.74) is 3.34. The lowest BCUT2D eigenvalue weighted by atomic mass is 10.1. The number of aromatic nitrogens is 1. The van der Waals surface area contributed by atoms with E-state index in [0.29, 0.717) is 25.3 Å². The summed E-state index contributed by atoms with van der Waals surface area (Å²) in [7, 11) is 0. The molecule has 0 bridgehead atoms. The fourth-order valence-corrected chi connectivity index (χ4v) is 3.09. The monoisotopic (exact) mass is 420 g/mol. The van der Waals surface area contributed by atoms with Gasteiger partial charge in [0.1, 0.15) is 5.75 Å². The van der Waals surface area contributed by atoms with Crippen molar-refractivity contribution in [3.63, 3.8) is 0 Å². The summed E-state index contributed by atoms with van der Waals surface area (Å²) in [5, 5.41) is 4.24. The van der Waals surface area contributed by atoms with Gasteiger partial charge in [-0.05, 0) is 61.3 Å². The minimum absolute atomic E-state index is 0.190. The van der Waals surface area contributed by atoms with Crippen LogP contribution in [-0.2, 0) is 17.7 Å². The number of carbonyl (C=O) groups is 1. The summed E-state index contributed by atoms with van der Waals surface area (Å²) in [4.78, 5) is 15.1. The number of rotatable bonds is 9. The molecule has 30 heavy (non-hydrogen) atoms. The van der Waals surface area contributed by atoms with Crippen molar-refractivity contribution in [3.05, 3.63) is 65.4 Å². The second kappa shape index (κ2) is 9.67. The van der Waals surface area contributed by atoms with Gasteiger partial charge in [0.15, 0.2) is 6.61 Å². The Labute approximate surface area is 172 Å². The fraction of sp³-hybridized carbons (Fsp3) is 0.318. The highest BCUT2D eigenvalue weighted by Crippen LogP contribution is 2.21. The zero-order chi connectivity index (χ0) is 21.6. The molecule has 0 radical (unpaired) electrons. The van der Waals surface area contributed by atoms with Crippen LogP contribution in [0.3, 0.4) is 0 Å². The van der Waals surface area contributed by atoms with Crippen LogP contribution in [0.15, 0.2) is 48.7 Å². The maximum Gasteiger partial charge on any atom is 0.422 e. The largest absolute Gasteiger partial charge is 0.484 e. The van der Waals surface area contributed by atoms with Gasteiger partial charge in [-0.15, -0.1) is 0 Å². The van der Waals surface area contributed by atoms with Gasteiger partial charge >= 0.3 is 12.1 Å². The SMILES string of the molecule is CCOC(=O)c1ccc2[nH]cc(CCNCc3cccc(OCC(F)(F)F)c3)c2c1. The molecule has 0 unspecified atom stereocenters. The number of ether oxygens (including phenoxy) is 2. The third-order valence-corrected chi connectivity index (χ3v) is 4.48. The van der Waals surface area contributed by atoms with Crippen LogP contribution in [0, 0.1) is 0 Å². The maximum atomic E-state index is 12.3. The summed E-state index contributed by atoms with van der Waals surface area (Å²) >= 11 is 0. The summed E-state index contributed by atoms with van der Waals surface area (Å²) in [6.45, 7) is 1.94. The number of benzene rings is 2. The lowest BCUT2D eigenvalue weighted by Crippen LogP contribution is -2.19. The number of aromatic amines is 1. The zero-order valence-corrected chi connectivity index (χ0v) is 16.5. The molecule has 3 aromatic rings. The van der Waals surface area contributed by atoms with E-state index in [1.54, 1.807) is 25.1 Å². The molecule has 0 spiro atoms. The Bertz CT molecular complexity index is 999. The molecule has 0 aliphatic carbocycles. The summed E-state index contributed by atoms with van der Waals surface area (Å²) < 4.78 is 46.7. The lowest BCUT2D eigenvalue weighted by Gasteiger charge is -2.10. The Morgan fingerprint density at radius 3 is 2.77 bits per heavy atom. The van der Waals surface area contributed by atoms with E-state index in [0.717, 1.165) is 28.5 Å². The van der Waals surface area contributed by atoms with Crippen molar-refractivity contribution in [3.8, 4) is 5.75 Å². The first-order valence-corrected chi connectivity index (χ1v) is 9.62. The first kappa shape index (κ1) is 21.7. The van der Waals surface area contributed by atoms with E-state index in [9.17, 15) is 18.0 Å². The van der Waals surface area contributed by atoms with Crippen LogP contribution in [0.1, 0.15) is 28.4 Å². The molecule has 2 aromatic carbocycles. The average molecular weight is 420 g/mol. The van der Waals surface area contributed by atoms with E-state index in [1.165, 1.54) is 6.07 Å². The Hall–Kier alpha value is -3.00. The molecule has 0 atom stereocenters. The molecule has 0 fully saturated rings. The van der Waals surface area contributed by atoms with Gasteiger partial charge in [-0.1, -0.05) is 12.1 Å². The van der Waals surface area contributed by atoms with Gasteiger partial charge in [-0.3, -0.25) is 0 Å². The maximum absolute atomic E-state index is 12.3. The lowest BCUT2D eigenvalue weighted by molar-refractivity contribution is -0.153. The van der Waals surface area contributed by atoms with Crippen molar-refractivity contribution < 1.29 is 27.4 Å². The zero-order valence-electron chi connectivity index (χ0n) is 16.5. The number of esters is 1. The molecule has 5 nitrogen and oxygen atoms in total. The first-order valence-electron chi connectivity index (χ1n) is 9.62. The summed E-state index contributed by atoms with van der Waals surface area (Å²) in [6.07, 6.45) is -1.73. The highest BCUT2D eigenvalue weighted by Gasteiger charge is 2.28. The molecular weight excluding hydrogens is 397 g/mol. The van der Waals surface area contributed by atoms with Crippen LogP contribution in [0.5, 0.6) is 5.75 Å². The van der Waals surface area contributed by atoms with Crippen LogP contribution < -0.4 is 10.1 Å². The number of H-pyrrole nitrogens is 1. The van der Waals surface area contributed by atoms with E-state index >= 15 is 0 Å². The number of halogens is 3. The molecule has 8 heteroatoms. The quantitative estimate of drug-likeness (QED) is 0.392. The number of nitrogens with one attached hydrogen (secondary N) is 2. The number of hydrogen-bond acceptors (Lipinski definition) is 4. The first-order chi connectivity index (χ1) is 14.4. The van der Waals surface area contributed by atoms with Gasteiger partial charge in [0.2, 0.25) is 0 Å². The van der Waals surface area contributed by atoms with Crippen LogP contribution in [0.25, 0.3) is 10.9 Å². The molecule has 3 rings (SSSR count). The molecule has 0 aliphatic heterocycles. The van der Waals surface area contributed by atoms with Gasteiger partial charge in [0.25, 0.3) is 0 Å².